The van der Waals surface area contributed by atoms with Crippen molar-refractivity contribution < 1.29 is 9.66 Å². The molecule has 0 fully saturated rings. The van der Waals surface area contributed by atoms with Crippen molar-refractivity contribution >= 4 is 11.6 Å². The molecular formula is C11H10N2O3. The molecule has 0 saturated carbocycles. The molecule has 5 nitrogen and oxygen atoms in total. The van der Waals surface area contributed by atoms with Crippen LogP contribution in [0, 0.1) is 10.1 Å². The predicted octanol–water partition coefficient (Wildman–Crippen LogP) is 1.93. The highest BCUT2D eigenvalue weighted by Crippen LogP contribution is 2.16. The third-order valence-corrected chi connectivity index (χ3v) is 2.27. The number of non-ortho nitro benzene ring substituents is 1. The monoisotopic (exact) mass is 218 g/mol. The minimum absolute atomic E-state index is 0.0580. The molecule has 1 aromatic carbocycles. The molecule has 0 saturated heterocycles. The molecule has 1 heterocycles. The molecule has 0 radical (unpaired) electrons. The number of ether oxygens (including phenoxy) is 1. The number of hydrogen-bond donors (Lipinski definition) is 0. The van der Waals surface area contributed by atoms with Gasteiger partial charge in [-0.3, -0.25) is 10.1 Å². The zero-order chi connectivity index (χ0) is 11.5. The van der Waals surface area contributed by atoms with Gasteiger partial charge in [0, 0.05) is 17.7 Å². The molecular weight excluding hydrogens is 208 g/mol. The van der Waals surface area contributed by atoms with E-state index >= 15 is 0 Å². The molecule has 0 amide bonds. The van der Waals surface area contributed by atoms with Crippen molar-refractivity contribution in [1.82, 2.24) is 0 Å². The molecule has 1 atom stereocenters. The van der Waals surface area contributed by atoms with E-state index in [9.17, 15) is 10.1 Å². The molecule has 1 unspecified atom stereocenters. The van der Waals surface area contributed by atoms with Crippen LogP contribution in [0.25, 0.3) is 0 Å². The standard InChI is InChI=1S/C11H10N2O3/c1-2-10-7-12-11(16-10)8-3-5-9(6-4-8)13(14)15/h2-6,10H,1,7H2. The Morgan fingerprint density at radius 2 is 2.19 bits per heavy atom. The Kier molecular flexibility index (Phi) is 2.68. The second-order valence-electron chi connectivity index (χ2n) is 3.34. The summed E-state index contributed by atoms with van der Waals surface area (Å²) in [6.07, 6.45) is 1.59. The highest BCUT2D eigenvalue weighted by Gasteiger charge is 2.18. The summed E-state index contributed by atoms with van der Waals surface area (Å²) >= 11 is 0. The van der Waals surface area contributed by atoms with Crippen LogP contribution < -0.4 is 0 Å². The second-order valence-corrected chi connectivity index (χ2v) is 3.34. The number of benzene rings is 1. The van der Waals surface area contributed by atoms with Crippen LogP contribution >= 0.6 is 0 Å². The topological polar surface area (TPSA) is 64.7 Å². The van der Waals surface area contributed by atoms with Crippen LogP contribution in [0.5, 0.6) is 0 Å². The van der Waals surface area contributed by atoms with E-state index in [0.29, 0.717) is 12.4 Å². The maximum Gasteiger partial charge on any atom is 0.269 e. The lowest BCUT2D eigenvalue weighted by molar-refractivity contribution is -0.384. The first kappa shape index (κ1) is 10.4. The summed E-state index contributed by atoms with van der Waals surface area (Å²) in [5.74, 6) is 0.514. The smallest absolute Gasteiger partial charge is 0.269 e. The van der Waals surface area contributed by atoms with Gasteiger partial charge in [0.25, 0.3) is 5.69 Å². The highest BCUT2D eigenvalue weighted by atomic mass is 16.6. The minimum Gasteiger partial charge on any atom is -0.468 e. The largest absolute Gasteiger partial charge is 0.468 e. The quantitative estimate of drug-likeness (QED) is 0.442. The first-order chi connectivity index (χ1) is 7.70. The molecule has 1 aliphatic heterocycles. The second kappa shape index (κ2) is 4.14. The van der Waals surface area contributed by atoms with Gasteiger partial charge in [-0.15, -0.1) is 0 Å². The third kappa shape index (κ3) is 1.93. The molecule has 0 aromatic heterocycles. The fourth-order valence-corrected chi connectivity index (χ4v) is 1.40. The van der Waals surface area contributed by atoms with E-state index in [1.165, 1.54) is 12.1 Å². The van der Waals surface area contributed by atoms with Crippen LogP contribution in [0.15, 0.2) is 41.9 Å². The van der Waals surface area contributed by atoms with Crippen molar-refractivity contribution in [2.24, 2.45) is 4.99 Å². The maximum atomic E-state index is 10.5. The zero-order valence-electron chi connectivity index (χ0n) is 8.50. The third-order valence-electron chi connectivity index (χ3n) is 2.27. The highest BCUT2D eigenvalue weighted by molar-refractivity contribution is 5.95. The minimum atomic E-state index is -0.437. The van der Waals surface area contributed by atoms with E-state index in [1.807, 2.05) is 0 Å². The van der Waals surface area contributed by atoms with Crippen molar-refractivity contribution in [1.29, 1.82) is 0 Å². The van der Waals surface area contributed by atoms with Crippen LogP contribution in [-0.4, -0.2) is 23.5 Å². The Morgan fingerprint density at radius 3 is 2.69 bits per heavy atom. The molecule has 1 aromatic rings. The average Bonchev–Trinajstić information content (AvgIpc) is 2.77. The summed E-state index contributed by atoms with van der Waals surface area (Å²) in [6, 6.07) is 6.12. The lowest BCUT2D eigenvalue weighted by Crippen LogP contribution is -2.09. The van der Waals surface area contributed by atoms with E-state index < -0.39 is 4.92 Å². The predicted molar refractivity (Wildman–Crippen MR) is 59.6 cm³/mol. The Balaban J connectivity index is 2.17. The summed E-state index contributed by atoms with van der Waals surface area (Å²) < 4.78 is 5.46. The summed E-state index contributed by atoms with van der Waals surface area (Å²) in [5.41, 5.74) is 0.803. The number of aliphatic imine (C=N–C) groups is 1. The normalized spacial score (nSPS) is 18.8. The van der Waals surface area contributed by atoms with Gasteiger partial charge in [-0.05, 0) is 18.2 Å². The number of hydrogen-bond acceptors (Lipinski definition) is 4. The average molecular weight is 218 g/mol. The number of nitro groups is 1. The fraction of sp³-hybridized carbons (Fsp3) is 0.182. The van der Waals surface area contributed by atoms with E-state index in [4.69, 9.17) is 4.74 Å². The Morgan fingerprint density at radius 1 is 1.50 bits per heavy atom. The van der Waals surface area contributed by atoms with E-state index in [1.54, 1.807) is 18.2 Å². The Labute approximate surface area is 92.2 Å². The van der Waals surface area contributed by atoms with Crippen molar-refractivity contribution in [3.63, 3.8) is 0 Å². The number of rotatable bonds is 3. The molecule has 0 spiro atoms. The van der Waals surface area contributed by atoms with Crippen molar-refractivity contribution in [2.75, 3.05) is 6.54 Å². The van der Waals surface area contributed by atoms with Crippen molar-refractivity contribution in [3.8, 4) is 0 Å². The molecule has 1 aliphatic rings. The Bertz CT molecular complexity index is 451. The Hall–Kier alpha value is -2.17. The fourth-order valence-electron chi connectivity index (χ4n) is 1.40. The zero-order valence-corrected chi connectivity index (χ0v) is 8.50. The maximum absolute atomic E-state index is 10.5. The summed E-state index contributed by atoms with van der Waals surface area (Å²) in [5, 5.41) is 10.5. The summed E-state index contributed by atoms with van der Waals surface area (Å²) in [6.45, 7) is 4.17. The molecule has 0 N–H and O–H groups in total. The SMILES string of the molecule is C=CC1CN=C(c2ccc([N+](=O)[O-])cc2)O1. The molecule has 0 bridgehead atoms. The van der Waals surface area contributed by atoms with Crippen LogP contribution in [0.4, 0.5) is 5.69 Å². The van der Waals surface area contributed by atoms with Gasteiger partial charge >= 0.3 is 0 Å². The van der Waals surface area contributed by atoms with Crippen LogP contribution in [0.3, 0.4) is 0 Å². The number of nitrogens with zero attached hydrogens (tertiary/aromatic N) is 2. The van der Waals surface area contributed by atoms with Gasteiger partial charge in [0.2, 0.25) is 5.90 Å². The lowest BCUT2D eigenvalue weighted by Gasteiger charge is -2.05. The van der Waals surface area contributed by atoms with Crippen molar-refractivity contribution in [2.45, 2.75) is 6.10 Å². The first-order valence-corrected chi connectivity index (χ1v) is 4.79. The molecule has 16 heavy (non-hydrogen) atoms. The van der Waals surface area contributed by atoms with Gasteiger partial charge in [0.1, 0.15) is 6.10 Å². The van der Waals surface area contributed by atoms with Crippen molar-refractivity contribution in [3.05, 3.63) is 52.6 Å². The van der Waals surface area contributed by atoms with Crippen LogP contribution in [0.1, 0.15) is 5.56 Å². The van der Waals surface area contributed by atoms with Crippen LogP contribution in [-0.2, 0) is 4.74 Å². The van der Waals surface area contributed by atoms with E-state index in [0.717, 1.165) is 5.56 Å². The van der Waals surface area contributed by atoms with Gasteiger partial charge in [-0.2, -0.15) is 0 Å². The van der Waals surface area contributed by atoms with Gasteiger partial charge < -0.3 is 4.74 Å². The van der Waals surface area contributed by atoms with E-state index in [2.05, 4.69) is 11.6 Å². The molecule has 0 aliphatic carbocycles. The van der Waals surface area contributed by atoms with E-state index in [-0.39, 0.29) is 11.8 Å². The molecule has 2 rings (SSSR count). The molecule has 5 heteroatoms. The summed E-state index contributed by atoms with van der Waals surface area (Å²) in [4.78, 5) is 14.2. The van der Waals surface area contributed by atoms with Gasteiger partial charge in [0.05, 0.1) is 11.5 Å². The summed E-state index contributed by atoms with van der Waals surface area (Å²) in [7, 11) is 0. The first-order valence-electron chi connectivity index (χ1n) is 4.79. The number of nitro benzene ring substituents is 1. The van der Waals surface area contributed by atoms with Gasteiger partial charge in [-0.25, -0.2) is 4.99 Å². The lowest BCUT2D eigenvalue weighted by atomic mass is 10.2. The molecule has 82 valence electrons. The van der Waals surface area contributed by atoms with Crippen LogP contribution in [0.2, 0.25) is 0 Å². The van der Waals surface area contributed by atoms with Gasteiger partial charge in [-0.1, -0.05) is 6.58 Å². The van der Waals surface area contributed by atoms with Gasteiger partial charge in [0.15, 0.2) is 0 Å².